The third-order valence-electron chi connectivity index (χ3n) is 4.83. The van der Waals surface area contributed by atoms with E-state index in [4.69, 9.17) is 39.5 Å². The summed E-state index contributed by atoms with van der Waals surface area (Å²) in [6, 6.07) is 15.4. The first-order chi connectivity index (χ1) is 16.7. The molecule has 0 aromatic heterocycles. The Bertz CT molecular complexity index is 1420. The summed E-state index contributed by atoms with van der Waals surface area (Å²) in [7, 11) is 0. The van der Waals surface area contributed by atoms with Crippen molar-refractivity contribution in [3.63, 3.8) is 0 Å². The summed E-state index contributed by atoms with van der Waals surface area (Å²) in [5.41, 5.74) is 0.0188. The van der Waals surface area contributed by atoms with E-state index in [2.05, 4.69) is 5.32 Å². The van der Waals surface area contributed by atoms with Gasteiger partial charge in [0.2, 0.25) is 5.75 Å². The number of carbonyl (C=O) groups is 3. The van der Waals surface area contributed by atoms with Crippen LogP contribution in [0.2, 0.25) is 10.0 Å². The predicted molar refractivity (Wildman–Crippen MR) is 130 cm³/mol. The molecule has 1 N–H and O–H groups in total. The number of anilines is 2. The van der Waals surface area contributed by atoms with Crippen molar-refractivity contribution >= 4 is 69.6 Å². The fourth-order valence-electron chi connectivity index (χ4n) is 3.18. The van der Waals surface area contributed by atoms with Crippen LogP contribution >= 0.6 is 34.8 Å². The molecule has 3 aromatic rings. The van der Waals surface area contributed by atoms with E-state index in [0.29, 0.717) is 10.7 Å². The number of halogens is 3. The average Bonchev–Trinajstić information content (AvgIpc) is 3.03. The molecule has 0 saturated heterocycles. The second-order valence-corrected chi connectivity index (χ2v) is 8.27. The number of para-hydroxylation sites is 2. The summed E-state index contributed by atoms with van der Waals surface area (Å²) in [6.45, 7) is 0. The number of nitro benzene ring substituents is 1. The number of hydrogen-bond acceptors (Lipinski definition) is 7. The van der Waals surface area contributed by atoms with E-state index in [0.717, 1.165) is 4.90 Å². The lowest BCUT2D eigenvalue weighted by molar-refractivity contribution is -0.385. The summed E-state index contributed by atoms with van der Waals surface area (Å²) >= 11 is 18.1. The number of nitro groups is 1. The molecular formula is C23H12Cl3N3O6. The molecule has 0 aliphatic carbocycles. The first kappa shape index (κ1) is 24.2. The molecule has 4 rings (SSSR count). The molecule has 0 fully saturated rings. The third-order valence-corrected chi connectivity index (χ3v) is 5.72. The molecule has 0 radical (unpaired) electrons. The zero-order chi connectivity index (χ0) is 25.3. The number of ether oxygens (including phenoxy) is 1. The number of imide groups is 1. The maximum atomic E-state index is 12.9. The lowest BCUT2D eigenvalue weighted by atomic mass is 10.2. The molecule has 1 aliphatic heterocycles. The molecule has 12 heteroatoms. The SMILES string of the molecule is O=C(Oc1ccccc1[N+](=O)[O-])c1ccc(NC2=C(Cl)C(=O)N(c3ccc(Cl)cc3Cl)C2=O)cc1. The number of amides is 2. The summed E-state index contributed by atoms with van der Waals surface area (Å²) in [5, 5.41) is 13.9. The van der Waals surface area contributed by atoms with Crippen LogP contribution in [-0.4, -0.2) is 22.7 Å². The number of esters is 1. The quantitative estimate of drug-likeness (QED) is 0.145. The molecule has 9 nitrogen and oxygen atoms in total. The maximum Gasteiger partial charge on any atom is 0.343 e. The van der Waals surface area contributed by atoms with Gasteiger partial charge >= 0.3 is 11.7 Å². The van der Waals surface area contributed by atoms with Gasteiger partial charge in [0.25, 0.3) is 11.8 Å². The van der Waals surface area contributed by atoms with Crippen molar-refractivity contribution in [3.8, 4) is 5.75 Å². The van der Waals surface area contributed by atoms with Crippen LogP contribution in [0.25, 0.3) is 0 Å². The van der Waals surface area contributed by atoms with Crippen LogP contribution in [0.5, 0.6) is 5.75 Å². The molecule has 3 aromatic carbocycles. The lowest BCUT2D eigenvalue weighted by Gasteiger charge is -2.16. The highest BCUT2D eigenvalue weighted by molar-refractivity contribution is 6.53. The van der Waals surface area contributed by atoms with Crippen molar-refractivity contribution < 1.29 is 24.0 Å². The summed E-state index contributed by atoms with van der Waals surface area (Å²) in [6.07, 6.45) is 0. The zero-order valence-corrected chi connectivity index (χ0v) is 19.6. The monoisotopic (exact) mass is 531 g/mol. The van der Waals surface area contributed by atoms with Gasteiger partial charge in [0.05, 0.1) is 21.2 Å². The molecule has 1 heterocycles. The Labute approximate surface area is 212 Å². The first-order valence-electron chi connectivity index (χ1n) is 9.73. The molecule has 0 saturated carbocycles. The molecule has 0 spiro atoms. The van der Waals surface area contributed by atoms with Crippen molar-refractivity contribution in [2.24, 2.45) is 0 Å². The minimum Gasteiger partial charge on any atom is -0.416 e. The molecule has 2 amide bonds. The van der Waals surface area contributed by atoms with Gasteiger partial charge in [-0.15, -0.1) is 0 Å². The Morgan fingerprint density at radius 3 is 2.29 bits per heavy atom. The highest BCUT2D eigenvalue weighted by atomic mass is 35.5. The number of nitrogens with one attached hydrogen (secondary N) is 1. The van der Waals surface area contributed by atoms with Crippen molar-refractivity contribution in [3.05, 3.63) is 103 Å². The minimum atomic E-state index is -0.821. The van der Waals surface area contributed by atoms with Crippen LogP contribution in [-0.2, 0) is 9.59 Å². The summed E-state index contributed by atoms with van der Waals surface area (Å²) in [5.74, 6) is -2.52. The number of hydrogen-bond donors (Lipinski definition) is 1. The Kier molecular flexibility index (Phi) is 6.74. The molecular weight excluding hydrogens is 521 g/mol. The van der Waals surface area contributed by atoms with E-state index in [1.165, 1.54) is 66.7 Å². The number of rotatable bonds is 6. The van der Waals surface area contributed by atoms with E-state index in [1.54, 1.807) is 0 Å². The lowest BCUT2D eigenvalue weighted by Crippen LogP contribution is -2.32. The first-order valence-corrected chi connectivity index (χ1v) is 10.9. The Hall–Kier alpha value is -3.92. The number of benzene rings is 3. The molecule has 0 atom stereocenters. The van der Waals surface area contributed by atoms with Crippen LogP contribution in [0.4, 0.5) is 17.1 Å². The largest absolute Gasteiger partial charge is 0.416 e. The average molecular weight is 533 g/mol. The molecule has 0 bridgehead atoms. The Balaban J connectivity index is 1.50. The van der Waals surface area contributed by atoms with Gasteiger partial charge in [0, 0.05) is 16.8 Å². The highest BCUT2D eigenvalue weighted by Crippen LogP contribution is 2.35. The van der Waals surface area contributed by atoms with Gasteiger partial charge in [0.1, 0.15) is 10.7 Å². The fraction of sp³-hybridized carbons (Fsp3) is 0. The second-order valence-electron chi connectivity index (χ2n) is 7.05. The maximum absolute atomic E-state index is 12.9. The van der Waals surface area contributed by atoms with Crippen LogP contribution < -0.4 is 15.0 Å². The van der Waals surface area contributed by atoms with Gasteiger partial charge < -0.3 is 10.1 Å². The van der Waals surface area contributed by atoms with E-state index in [-0.39, 0.29) is 38.4 Å². The third kappa shape index (κ3) is 4.83. The van der Waals surface area contributed by atoms with E-state index >= 15 is 0 Å². The van der Waals surface area contributed by atoms with Crippen LogP contribution in [0.1, 0.15) is 10.4 Å². The van der Waals surface area contributed by atoms with Crippen molar-refractivity contribution in [2.75, 3.05) is 10.2 Å². The highest BCUT2D eigenvalue weighted by Gasteiger charge is 2.39. The fourth-order valence-corrected chi connectivity index (χ4v) is 3.89. The number of nitrogens with zero attached hydrogens (tertiary/aromatic N) is 2. The van der Waals surface area contributed by atoms with Crippen LogP contribution in [0, 0.1) is 10.1 Å². The van der Waals surface area contributed by atoms with Gasteiger partial charge in [-0.1, -0.05) is 46.9 Å². The Morgan fingerprint density at radius 2 is 1.63 bits per heavy atom. The van der Waals surface area contributed by atoms with Crippen molar-refractivity contribution in [1.29, 1.82) is 0 Å². The van der Waals surface area contributed by atoms with Crippen LogP contribution in [0.15, 0.2) is 77.5 Å². The van der Waals surface area contributed by atoms with Crippen LogP contribution in [0.3, 0.4) is 0 Å². The van der Waals surface area contributed by atoms with Gasteiger partial charge in [-0.25, -0.2) is 9.69 Å². The van der Waals surface area contributed by atoms with Gasteiger partial charge in [-0.05, 0) is 48.5 Å². The zero-order valence-electron chi connectivity index (χ0n) is 17.3. The standard InChI is InChI=1S/C23H12Cl3N3O6/c24-13-7-10-16(15(25)11-13)28-21(30)19(26)20(22(28)31)27-14-8-5-12(6-9-14)23(32)35-18-4-2-1-3-17(18)29(33)34/h1-11,27H. The van der Waals surface area contributed by atoms with Gasteiger partial charge in [-0.3, -0.25) is 19.7 Å². The Morgan fingerprint density at radius 1 is 0.943 bits per heavy atom. The van der Waals surface area contributed by atoms with E-state index < -0.39 is 22.7 Å². The van der Waals surface area contributed by atoms with Gasteiger partial charge in [0.15, 0.2) is 0 Å². The van der Waals surface area contributed by atoms with E-state index in [1.807, 2.05) is 0 Å². The summed E-state index contributed by atoms with van der Waals surface area (Å²) < 4.78 is 5.14. The van der Waals surface area contributed by atoms with Crippen molar-refractivity contribution in [2.45, 2.75) is 0 Å². The molecule has 1 aliphatic rings. The van der Waals surface area contributed by atoms with Crippen molar-refractivity contribution in [1.82, 2.24) is 0 Å². The smallest absolute Gasteiger partial charge is 0.343 e. The second kappa shape index (κ2) is 9.75. The van der Waals surface area contributed by atoms with E-state index in [9.17, 15) is 24.5 Å². The number of carbonyl (C=O) groups excluding carboxylic acids is 3. The molecule has 0 unspecified atom stereocenters. The molecule has 35 heavy (non-hydrogen) atoms. The topological polar surface area (TPSA) is 119 Å². The van der Waals surface area contributed by atoms with Gasteiger partial charge in [-0.2, -0.15) is 0 Å². The normalized spacial score (nSPS) is 13.3. The molecule has 176 valence electrons. The minimum absolute atomic E-state index is 0.0893. The predicted octanol–water partition coefficient (Wildman–Crippen LogP) is 5.56. The summed E-state index contributed by atoms with van der Waals surface area (Å²) in [4.78, 5) is 49.2.